The molecule has 10 heteroatoms. The van der Waals surface area contributed by atoms with Crippen molar-refractivity contribution in [1.82, 2.24) is 9.80 Å². The fourth-order valence-corrected chi connectivity index (χ4v) is 4.49. The van der Waals surface area contributed by atoms with Crippen molar-refractivity contribution in [2.45, 2.75) is 19.1 Å². The van der Waals surface area contributed by atoms with E-state index >= 15 is 0 Å². The van der Waals surface area contributed by atoms with Gasteiger partial charge in [0.2, 0.25) is 0 Å². The number of benzene rings is 3. The predicted molar refractivity (Wildman–Crippen MR) is 134 cm³/mol. The van der Waals surface area contributed by atoms with Gasteiger partial charge in [-0.2, -0.15) is 13.2 Å². The standard InChI is InChI=1S/C27H25F3N4O3/c1-17-16-33(12-13-34(17)26(35)31-19-7-5-6-18(14-19)27(28,29)30)25-21-15-20(36-2)10-11-23(21)37-24-9-4-3-8-22(24)32-25/h3-11,14-15,17H,12-13,16H2,1-2H3,(H,31,35). The molecule has 1 atom stereocenters. The van der Waals surface area contributed by atoms with Crippen LogP contribution < -0.4 is 14.8 Å². The molecule has 1 saturated heterocycles. The second-order valence-corrected chi connectivity index (χ2v) is 8.86. The second kappa shape index (κ2) is 9.68. The van der Waals surface area contributed by atoms with Crippen LogP contribution in [0.5, 0.6) is 17.2 Å². The van der Waals surface area contributed by atoms with Gasteiger partial charge in [0.1, 0.15) is 23.0 Å². The number of nitrogens with zero attached hydrogens (tertiary/aromatic N) is 3. The van der Waals surface area contributed by atoms with E-state index in [1.54, 1.807) is 12.0 Å². The van der Waals surface area contributed by atoms with Gasteiger partial charge in [0.25, 0.3) is 0 Å². The lowest BCUT2D eigenvalue weighted by Gasteiger charge is -2.41. The lowest BCUT2D eigenvalue weighted by molar-refractivity contribution is -0.137. The third kappa shape index (κ3) is 5.04. The van der Waals surface area contributed by atoms with Gasteiger partial charge in [0, 0.05) is 31.4 Å². The first-order valence-corrected chi connectivity index (χ1v) is 11.8. The molecule has 0 radical (unpaired) electrons. The summed E-state index contributed by atoms with van der Waals surface area (Å²) in [7, 11) is 1.59. The Bertz CT molecular complexity index is 1360. The van der Waals surface area contributed by atoms with Crippen LogP contribution in [0.3, 0.4) is 0 Å². The van der Waals surface area contributed by atoms with E-state index in [1.807, 2.05) is 49.4 Å². The number of nitrogens with one attached hydrogen (secondary N) is 1. The van der Waals surface area contributed by atoms with Crippen LogP contribution in [0.15, 0.2) is 71.7 Å². The van der Waals surface area contributed by atoms with Crippen molar-refractivity contribution in [1.29, 1.82) is 0 Å². The SMILES string of the molecule is COc1ccc2c(c1)C(N1CCN(C(=O)Nc3cccc(C(F)(F)F)c3)C(C)C1)=Nc1ccccc1O2. The van der Waals surface area contributed by atoms with Gasteiger partial charge in [0.05, 0.1) is 18.2 Å². The van der Waals surface area contributed by atoms with Crippen LogP contribution in [0.2, 0.25) is 0 Å². The molecule has 1 unspecified atom stereocenters. The molecule has 3 aromatic rings. The zero-order valence-corrected chi connectivity index (χ0v) is 20.2. The molecule has 192 valence electrons. The van der Waals surface area contributed by atoms with Gasteiger partial charge in [-0.15, -0.1) is 0 Å². The molecule has 3 aromatic carbocycles. The number of para-hydroxylation sites is 2. The Kier molecular flexibility index (Phi) is 6.41. The summed E-state index contributed by atoms with van der Waals surface area (Å²) in [5.74, 6) is 2.63. The molecular weight excluding hydrogens is 485 g/mol. The first-order chi connectivity index (χ1) is 17.7. The third-order valence-corrected chi connectivity index (χ3v) is 6.37. The number of piperazine rings is 1. The van der Waals surface area contributed by atoms with E-state index in [9.17, 15) is 18.0 Å². The number of amidine groups is 1. The van der Waals surface area contributed by atoms with E-state index in [2.05, 4.69) is 10.2 Å². The molecule has 1 N–H and O–H groups in total. The first-order valence-electron chi connectivity index (χ1n) is 11.8. The maximum Gasteiger partial charge on any atom is 0.416 e. The summed E-state index contributed by atoms with van der Waals surface area (Å²) in [4.78, 5) is 21.6. The smallest absolute Gasteiger partial charge is 0.416 e. The molecule has 0 aliphatic carbocycles. The summed E-state index contributed by atoms with van der Waals surface area (Å²) >= 11 is 0. The lowest BCUT2D eigenvalue weighted by atomic mass is 10.1. The van der Waals surface area contributed by atoms with Gasteiger partial charge in [-0.1, -0.05) is 18.2 Å². The molecule has 2 aliphatic heterocycles. The largest absolute Gasteiger partial charge is 0.497 e. The fraction of sp³-hybridized carbons (Fsp3) is 0.259. The third-order valence-electron chi connectivity index (χ3n) is 6.37. The Labute approximate surface area is 212 Å². The highest BCUT2D eigenvalue weighted by atomic mass is 19.4. The number of rotatable bonds is 2. The molecule has 0 bridgehead atoms. The Morgan fingerprint density at radius 2 is 1.86 bits per heavy atom. The number of carbonyl (C=O) groups excluding carboxylic acids is 1. The minimum absolute atomic E-state index is 0.0948. The van der Waals surface area contributed by atoms with E-state index in [-0.39, 0.29) is 11.7 Å². The van der Waals surface area contributed by atoms with Gasteiger partial charge in [0.15, 0.2) is 5.75 Å². The zero-order valence-electron chi connectivity index (χ0n) is 20.2. The minimum atomic E-state index is -4.49. The highest BCUT2D eigenvalue weighted by molar-refractivity contribution is 6.04. The number of amides is 2. The summed E-state index contributed by atoms with van der Waals surface area (Å²) in [6.07, 6.45) is -4.49. The van der Waals surface area contributed by atoms with Crippen molar-refractivity contribution in [3.05, 3.63) is 77.9 Å². The number of halogens is 3. The van der Waals surface area contributed by atoms with E-state index in [0.717, 1.165) is 17.7 Å². The van der Waals surface area contributed by atoms with Crippen LogP contribution in [0.4, 0.5) is 29.3 Å². The fourth-order valence-electron chi connectivity index (χ4n) is 4.49. The maximum atomic E-state index is 13.1. The molecule has 0 saturated carbocycles. The number of methoxy groups -OCH3 is 1. The number of alkyl halides is 3. The molecule has 1 fully saturated rings. The summed E-state index contributed by atoms with van der Waals surface area (Å²) in [5.41, 5.74) is 0.734. The van der Waals surface area contributed by atoms with Crippen molar-refractivity contribution in [2.75, 3.05) is 32.1 Å². The van der Waals surface area contributed by atoms with Crippen molar-refractivity contribution in [3.8, 4) is 17.2 Å². The first kappa shape index (κ1) is 24.5. The lowest BCUT2D eigenvalue weighted by Crippen LogP contribution is -2.56. The minimum Gasteiger partial charge on any atom is -0.497 e. The number of anilines is 1. The Hall–Kier alpha value is -4.21. The average molecular weight is 511 g/mol. The second-order valence-electron chi connectivity index (χ2n) is 8.86. The highest BCUT2D eigenvalue weighted by Crippen LogP contribution is 2.39. The molecule has 5 rings (SSSR count). The molecule has 2 amide bonds. The molecule has 0 aromatic heterocycles. The normalized spacial score (nSPS) is 17.1. The molecule has 37 heavy (non-hydrogen) atoms. The van der Waals surface area contributed by atoms with E-state index in [4.69, 9.17) is 14.5 Å². The quantitative estimate of drug-likeness (QED) is 0.450. The number of urea groups is 1. The predicted octanol–water partition coefficient (Wildman–Crippen LogP) is 6.14. The monoisotopic (exact) mass is 510 g/mol. The molecule has 2 aliphatic rings. The molecular formula is C27H25F3N4O3. The van der Waals surface area contributed by atoms with Gasteiger partial charge in [-0.3, -0.25) is 0 Å². The summed E-state index contributed by atoms with van der Waals surface area (Å²) in [6, 6.07) is 17.0. The maximum absolute atomic E-state index is 13.1. The van der Waals surface area contributed by atoms with Crippen LogP contribution in [-0.2, 0) is 6.18 Å². The van der Waals surface area contributed by atoms with Crippen LogP contribution in [0.1, 0.15) is 18.1 Å². The Morgan fingerprint density at radius 3 is 2.62 bits per heavy atom. The number of fused-ring (bicyclic) bond motifs is 2. The summed E-state index contributed by atoms with van der Waals surface area (Å²) in [6.45, 7) is 3.19. The molecule has 2 heterocycles. The van der Waals surface area contributed by atoms with Crippen molar-refractivity contribution in [3.63, 3.8) is 0 Å². The van der Waals surface area contributed by atoms with Crippen LogP contribution in [0.25, 0.3) is 0 Å². The van der Waals surface area contributed by atoms with E-state index < -0.39 is 17.8 Å². The van der Waals surface area contributed by atoms with Gasteiger partial charge in [-0.05, 0) is 55.5 Å². The number of hydrogen-bond acceptors (Lipinski definition) is 5. The van der Waals surface area contributed by atoms with Crippen molar-refractivity contribution in [2.24, 2.45) is 4.99 Å². The summed E-state index contributed by atoms with van der Waals surface area (Å²) < 4.78 is 50.8. The van der Waals surface area contributed by atoms with Gasteiger partial charge >= 0.3 is 12.2 Å². The summed E-state index contributed by atoms with van der Waals surface area (Å²) in [5, 5.41) is 2.60. The van der Waals surface area contributed by atoms with Crippen LogP contribution in [-0.4, -0.2) is 54.5 Å². The number of ether oxygens (including phenoxy) is 2. The van der Waals surface area contributed by atoms with Gasteiger partial charge in [-0.25, -0.2) is 9.79 Å². The van der Waals surface area contributed by atoms with Gasteiger partial charge < -0.3 is 24.6 Å². The van der Waals surface area contributed by atoms with Crippen molar-refractivity contribution < 1.29 is 27.4 Å². The topological polar surface area (TPSA) is 66.4 Å². The number of aliphatic imine (C=N–C) groups is 1. The zero-order chi connectivity index (χ0) is 26.2. The van der Waals surface area contributed by atoms with Crippen LogP contribution in [0, 0.1) is 0 Å². The number of hydrogen-bond donors (Lipinski definition) is 1. The Balaban J connectivity index is 1.37. The van der Waals surface area contributed by atoms with Crippen LogP contribution >= 0.6 is 0 Å². The van der Waals surface area contributed by atoms with Crippen molar-refractivity contribution >= 4 is 23.2 Å². The molecule has 0 spiro atoms. The number of carbonyl (C=O) groups is 1. The van der Waals surface area contributed by atoms with E-state index in [1.165, 1.54) is 12.1 Å². The Morgan fingerprint density at radius 1 is 1.05 bits per heavy atom. The molecule has 7 nitrogen and oxygen atoms in total. The van der Waals surface area contributed by atoms with E-state index in [0.29, 0.717) is 48.4 Å². The average Bonchev–Trinajstić information content (AvgIpc) is 3.04. The highest BCUT2D eigenvalue weighted by Gasteiger charge is 2.33.